The molecule has 0 aliphatic carbocycles. The Morgan fingerprint density at radius 1 is 1.04 bits per heavy atom. The van der Waals surface area contributed by atoms with Crippen LogP contribution in [0, 0.1) is 0 Å². The highest BCUT2D eigenvalue weighted by molar-refractivity contribution is 5.73. The van der Waals surface area contributed by atoms with Crippen LogP contribution in [-0.2, 0) is 38.1 Å². The molecule has 0 radical (unpaired) electrons. The van der Waals surface area contributed by atoms with Crippen LogP contribution in [0.15, 0.2) is 5.11 Å². The first kappa shape index (κ1) is 21.2. The fraction of sp³-hybridized carbons (Fsp3) is 0.714. The quantitative estimate of drug-likeness (QED) is 0.223. The molecule has 1 heterocycles. The van der Waals surface area contributed by atoms with Crippen molar-refractivity contribution in [1.82, 2.24) is 5.32 Å². The molecule has 144 valence electrons. The summed E-state index contributed by atoms with van der Waals surface area (Å²) in [4.78, 5) is 48.2. The molecule has 5 atom stereocenters. The molecule has 0 spiro atoms. The van der Waals surface area contributed by atoms with Gasteiger partial charge in [-0.1, -0.05) is 5.11 Å². The zero-order chi connectivity index (χ0) is 19.9. The van der Waals surface area contributed by atoms with Crippen LogP contribution in [0.4, 0.5) is 0 Å². The SMILES string of the molecule is CC(=O)N[C@@H]1[C@@H](OC(C)=O)[C@@H](OC(C)=O)[C@@H](COC(C)=O)O[C@@H]1N=[N+]=[N-]. The standard InChI is InChI=1S/C14H20N4O8/c1-6(19)16-11-13(25-9(4)22)12(24-8(3)21)10(5-23-7(2)20)26-14(11)17-18-15/h10-14H,5H2,1-4H3,(H,16,19)/t10-,11-,12+,13-,14+/m1/s1. The molecular weight excluding hydrogens is 352 g/mol. The maximum Gasteiger partial charge on any atom is 0.303 e. The molecule has 0 saturated carbocycles. The number of esters is 3. The number of ether oxygens (including phenoxy) is 4. The predicted octanol–water partition coefficient (Wildman–Crippen LogP) is -0.0472. The molecule has 26 heavy (non-hydrogen) atoms. The Bertz CT molecular complexity index is 618. The van der Waals surface area contributed by atoms with E-state index in [4.69, 9.17) is 24.5 Å². The molecule has 1 rings (SSSR count). The average molecular weight is 372 g/mol. The van der Waals surface area contributed by atoms with Crippen LogP contribution in [0.5, 0.6) is 0 Å². The van der Waals surface area contributed by atoms with E-state index in [1.165, 1.54) is 6.92 Å². The first-order valence-electron chi connectivity index (χ1n) is 7.60. The highest BCUT2D eigenvalue weighted by Gasteiger charge is 2.50. The van der Waals surface area contributed by atoms with E-state index in [1.54, 1.807) is 0 Å². The fourth-order valence-corrected chi connectivity index (χ4v) is 2.46. The number of carbonyl (C=O) groups excluding carboxylic acids is 4. The van der Waals surface area contributed by atoms with Crippen molar-refractivity contribution in [2.75, 3.05) is 6.61 Å². The number of carbonyl (C=O) groups is 4. The first-order chi connectivity index (χ1) is 12.1. The minimum atomic E-state index is -1.29. The molecule has 1 aliphatic rings. The Balaban J connectivity index is 3.28. The largest absolute Gasteiger partial charge is 0.463 e. The Morgan fingerprint density at radius 3 is 2.08 bits per heavy atom. The van der Waals surface area contributed by atoms with Crippen molar-refractivity contribution in [3.63, 3.8) is 0 Å². The minimum absolute atomic E-state index is 0.352. The van der Waals surface area contributed by atoms with Crippen molar-refractivity contribution in [1.29, 1.82) is 0 Å². The van der Waals surface area contributed by atoms with Crippen LogP contribution < -0.4 is 5.32 Å². The summed E-state index contributed by atoms with van der Waals surface area (Å²) in [6.45, 7) is 4.26. The van der Waals surface area contributed by atoms with Gasteiger partial charge >= 0.3 is 17.9 Å². The van der Waals surface area contributed by atoms with Gasteiger partial charge in [-0.15, -0.1) is 0 Å². The third-order valence-corrected chi connectivity index (χ3v) is 3.26. The summed E-state index contributed by atoms with van der Waals surface area (Å²) in [6, 6.07) is -1.12. The third-order valence-electron chi connectivity index (χ3n) is 3.26. The molecule has 12 nitrogen and oxygen atoms in total. The van der Waals surface area contributed by atoms with E-state index in [0.717, 1.165) is 20.8 Å². The van der Waals surface area contributed by atoms with Crippen LogP contribution in [0.3, 0.4) is 0 Å². The molecule has 1 amide bonds. The molecule has 0 aromatic rings. The molecule has 1 N–H and O–H groups in total. The molecule has 1 saturated heterocycles. The molecule has 0 aromatic carbocycles. The van der Waals surface area contributed by atoms with Gasteiger partial charge in [-0.2, -0.15) is 0 Å². The topological polar surface area (TPSA) is 166 Å². The second-order valence-corrected chi connectivity index (χ2v) is 5.45. The van der Waals surface area contributed by atoms with Gasteiger partial charge in [0.15, 0.2) is 18.4 Å². The zero-order valence-electron chi connectivity index (χ0n) is 14.7. The van der Waals surface area contributed by atoms with E-state index >= 15 is 0 Å². The third kappa shape index (κ3) is 6.22. The maximum absolute atomic E-state index is 11.5. The van der Waals surface area contributed by atoms with Gasteiger partial charge in [0.1, 0.15) is 18.8 Å². The van der Waals surface area contributed by atoms with Crippen molar-refractivity contribution < 1.29 is 38.1 Å². The number of azide groups is 1. The molecular formula is C14H20N4O8. The number of nitrogens with zero attached hydrogens (tertiary/aromatic N) is 3. The second kappa shape index (κ2) is 9.59. The summed E-state index contributed by atoms with van der Waals surface area (Å²) in [5.41, 5.74) is 8.74. The van der Waals surface area contributed by atoms with Crippen molar-refractivity contribution in [3.05, 3.63) is 10.4 Å². The van der Waals surface area contributed by atoms with E-state index in [1.807, 2.05) is 0 Å². The smallest absolute Gasteiger partial charge is 0.303 e. The summed E-state index contributed by atoms with van der Waals surface area (Å²) in [5, 5.41) is 5.89. The highest BCUT2D eigenvalue weighted by atomic mass is 16.6. The lowest BCUT2D eigenvalue weighted by molar-refractivity contribution is -0.222. The van der Waals surface area contributed by atoms with E-state index < -0.39 is 54.4 Å². The summed E-state index contributed by atoms with van der Waals surface area (Å²) >= 11 is 0. The number of amides is 1. The molecule has 12 heteroatoms. The second-order valence-electron chi connectivity index (χ2n) is 5.45. The summed E-state index contributed by atoms with van der Waals surface area (Å²) in [5.74, 6) is -2.58. The van der Waals surface area contributed by atoms with Crippen molar-refractivity contribution >= 4 is 23.8 Å². The molecule has 1 fully saturated rings. The Kier molecular flexibility index (Phi) is 7.81. The van der Waals surface area contributed by atoms with Gasteiger partial charge in [0.25, 0.3) is 0 Å². The van der Waals surface area contributed by atoms with E-state index in [9.17, 15) is 19.2 Å². The summed E-state index contributed by atoms with van der Waals surface area (Å²) < 4.78 is 20.8. The lowest BCUT2D eigenvalue weighted by Crippen LogP contribution is -2.65. The summed E-state index contributed by atoms with van der Waals surface area (Å²) in [7, 11) is 0. The minimum Gasteiger partial charge on any atom is -0.463 e. The molecule has 0 unspecified atom stereocenters. The van der Waals surface area contributed by atoms with E-state index in [-0.39, 0.29) is 6.61 Å². The van der Waals surface area contributed by atoms with Crippen LogP contribution in [-0.4, -0.2) is 61.0 Å². The van der Waals surface area contributed by atoms with E-state index in [2.05, 4.69) is 15.3 Å². The molecule has 0 bridgehead atoms. The fourth-order valence-electron chi connectivity index (χ4n) is 2.46. The molecule has 1 aliphatic heterocycles. The van der Waals surface area contributed by atoms with Gasteiger partial charge in [0.2, 0.25) is 5.91 Å². The average Bonchev–Trinajstić information content (AvgIpc) is 2.50. The van der Waals surface area contributed by atoms with Crippen LogP contribution in [0.25, 0.3) is 10.4 Å². The van der Waals surface area contributed by atoms with Gasteiger partial charge in [-0.3, -0.25) is 19.2 Å². The van der Waals surface area contributed by atoms with Crippen LogP contribution in [0.2, 0.25) is 0 Å². The Labute approximate surface area is 148 Å². The predicted molar refractivity (Wildman–Crippen MR) is 83.2 cm³/mol. The van der Waals surface area contributed by atoms with Gasteiger partial charge in [0.05, 0.1) is 0 Å². The normalized spacial score (nSPS) is 27.5. The van der Waals surface area contributed by atoms with Gasteiger partial charge in [-0.25, -0.2) is 0 Å². The van der Waals surface area contributed by atoms with Crippen LogP contribution >= 0.6 is 0 Å². The Hall–Kier alpha value is -2.85. The number of hydrogen-bond donors (Lipinski definition) is 1. The maximum atomic E-state index is 11.5. The van der Waals surface area contributed by atoms with E-state index in [0.29, 0.717) is 0 Å². The van der Waals surface area contributed by atoms with Gasteiger partial charge in [-0.05, 0) is 5.53 Å². The first-order valence-corrected chi connectivity index (χ1v) is 7.60. The summed E-state index contributed by atoms with van der Waals surface area (Å²) in [6.07, 6.45) is -4.82. The number of nitrogens with one attached hydrogen (secondary N) is 1. The van der Waals surface area contributed by atoms with Gasteiger partial charge < -0.3 is 24.3 Å². The lowest BCUT2D eigenvalue weighted by atomic mass is 9.95. The Morgan fingerprint density at radius 2 is 1.62 bits per heavy atom. The highest BCUT2D eigenvalue weighted by Crippen LogP contribution is 2.28. The van der Waals surface area contributed by atoms with Crippen molar-refractivity contribution in [2.24, 2.45) is 5.11 Å². The lowest BCUT2D eigenvalue weighted by Gasteiger charge is -2.43. The number of hydrogen-bond acceptors (Lipinski definition) is 9. The van der Waals surface area contributed by atoms with Crippen LogP contribution in [0.1, 0.15) is 27.7 Å². The van der Waals surface area contributed by atoms with Gasteiger partial charge in [0, 0.05) is 32.6 Å². The zero-order valence-corrected chi connectivity index (χ0v) is 14.7. The monoisotopic (exact) mass is 372 g/mol. The molecule has 0 aromatic heterocycles. The van der Waals surface area contributed by atoms with Crippen molar-refractivity contribution in [3.8, 4) is 0 Å². The number of rotatable bonds is 6. The van der Waals surface area contributed by atoms with Crippen molar-refractivity contribution in [2.45, 2.75) is 58.3 Å².